The highest BCUT2D eigenvalue weighted by Gasteiger charge is 2.23. The second-order valence-corrected chi connectivity index (χ2v) is 6.04. The fourth-order valence-corrected chi connectivity index (χ4v) is 2.76. The molecule has 1 saturated heterocycles. The van der Waals surface area contributed by atoms with Crippen molar-refractivity contribution in [2.75, 3.05) is 43.1 Å². The monoisotopic (exact) mass is 313 g/mol. The summed E-state index contributed by atoms with van der Waals surface area (Å²) in [6, 6.07) is 10.8. The summed E-state index contributed by atoms with van der Waals surface area (Å²) in [5.41, 5.74) is 6.95. The Morgan fingerprint density at radius 1 is 1.22 bits per heavy atom. The summed E-state index contributed by atoms with van der Waals surface area (Å²) in [6.07, 6.45) is 1.11. The average Bonchev–Trinajstić information content (AvgIpc) is 2.94. The van der Waals surface area contributed by atoms with E-state index in [1.54, 1.807) is 0 Å². The van der Waals surface area contributed by atoms with Crippen LogP contribution >= 0.6 is 0 Å². The van der Waals surface area contributed by atoms with E-state index < -0.39 is 0 Å². The molecule has 2 heterocycles. The highest BCUT2D eigenvalue weighted by atomic mass is 15.3. The van der Waals surface area contributed by atoms with E-state index in [1.807, 2.05) is 37.2 Å². The third-order valence-electron chi connectivity index (χ3n) is 3.87. The van der Waals surface area contributed by atoms with Crippen LogP contribution in [0, 0.1) is 0 Å². The van der Waals surface area contributed by atoms with Gasteiger partial charge in [0.1, 0.15) is 5.82 Å². The maximum Gasteiger partial charge on any atom is 0.229 e. The first kappa shape index (κ1) is 15.5. The number of rotatable bonds is 5. The number of benzene rings is 1. The van der Waals surface area contributed by atoms with Gasteiger partial charge >= 0.3 is 0 Å². The number of nitrogens with one attached hydrogen (secondary N) is 1. The zero-order chi connectivity index (χ0) is 16.2. The quantitative estimate of drug-likeness (QED) is 0.858. The van der Waals surface area contributed by atoms with Crippen LogP contribution in [0.1, 0.15) is 12.2 Å². The van der Waals surface area contributed by atoms with Crippen molar-refractivity contribution >= 4 is 17.6 Å². The van der Waals surface area contributed by atoms with Gasteiger partial charge in [-0.05, 0) is 18.6 Å². The highest BCUT2D eigenvalue weighted by molar-refractivity contribution is 5.43. The van der Waals surface area contributed by atoms with Crippen LogP contribution in [0.5, 0.6) is 0 Å². The molecule has 0 spiro atoms. The fraction of sp³-hybridized carbons (Fsp3) is 0.438. The van der Waals surface area contributed by atoms with Gasteiger partial charge in [0.2, 0.25) is 11.9 Å². The molecular formula is C16H23N7. The van der Waals surface area contributed by atoms with Gasteiger partial charge in [0, 0.05) is 38.9 Å². The summed E-state index contributed by atoms with van der Waals surface area (Å²) in [4.78, 5) is 17.0. The molecule has 0 radical (unpaired) electrons. The average molecular weight is 313 g/mol. The molecule has 122 valence electrons. The first-order chi connectivity index (χ1) is 11.1. The van der Waals surface area contributed by atoms with Gasteiger partial charge in [-0.15, -0.1) is 0 Å². The fourth-order valence-electron chi connectivity index (χ4n) is 2.76. The number of nitrogen functional groups attached to an aromatic ring is 1. The molecular weight excluding hydrogens is 290 g/mol. The molecule has 3 N–H and O–H groups in total. The molecule has 7 nitrogen and oxygen atoms in total. The number of para-hydroxylation sites is 1. The van der Waals surface area contributed by atoms with Crippen molar-refractivity contribution in [3.05, 3.63) is 36.2 Å². The molecule has 0 unspecified atom stereocenters. The molecule has 7 heteroatoms. The molecule has 2 aromatic rings. The minimum absolute atomic E-state index is 0.275. The molecule has 0 saturated carbocycles. The summed E-state index contributed by atoms with van der Waals surface area (Å²) in [6.45, 7) is 2.69. The van der Waals surface area contributed by atoms with E-state index in [4.69, 9.17) is 5.73 Å². The van der Waals surface area contributed by atoms with E-state index >= 15 is 0 Å². The van der Waals surface area contributed by atoms with Gasteiger partial charge in [-0.2, -0.15) is 15.0 Å². The Balaban J connectivity index is 1.60. The second-order valence-electron chi connectivity index (χ2n) is 6.04. The predicted molar refractivity (Wildman–Crippen MR) is 92.3 cm³/mol. The van der Waals surface area contributed by atoms with Crippen LogP contribution in [0.25, 0.3) is 0 Å². The van der Waals surface area contributed by atoms with Crippen molar-refractivity contribution in [2.45, 2.75) is 19.0 Å². The molecule has 1 aliphatic heterocycles. The van der Waals surface area contributed by atoms with Crippen LogP contribution in [0.2, 0.25) is 0 Å². The summed E-state index contributed by atoms with van der Waals surface area (Å²) in [5.74, 6) is 1.60. The topological polar surface area (TPSA) is 83.2 Å². The van der Waals surface area contributed by atoms with Crippen LogP contribution in [-0.4, -0.2) is 53.1 Å². The number of hydrogen-bond donors (Lipinski definition) is 2. The summed E-state index contributed by atoms with van der Waals surface area (Å²) in [5, 5.41) is 3.57. The molecule has 0 aliphatic carbocycles. The zero-order valence-corrected chi connectivity index (χ0v) is 13.6. The molecule has 1 aliphatic rings. The number of likely N-dealkylation sites (tertiary alicyclic amines) is 1. The largest absolute Gasteiger partial charge is 0.381 e. The maximum absolute atomic E-state index is 5.78. The lowest BCUT2D eigenvalue weighted by Gasteiger charge is -2.17. The van der Waals surface area contributed by atoms with Gasteiger partial charge in [0.25, 0.3) is 0 Å². The molecule has 3 rings (SSSR count). The number of aromatic nitrogens is 3. The third-order valence-corrected chi connectivity index (χ3v) is 3.87. The minimum atomic E-state index is 0.275. The van der Waals surface area contributed by atoms with Crippen molar-refractivity contribution in [3.63, 3.8) is 0 Å². The molecule has 1 aromatic carbocycles. The normalized spacial score (nSPS) is 18.1. The Bertz CT molecular complexity index is 644. The zero-order valence-electron chi connectivity index (χ0n) is 13.6. The number of hydrogen-bond acceptors (Lipinski definition) is 7. The summed E-state index contributed by atoms with van der Waals surface area (Å²) >= 11 is 0. The predicted octanol–water partition coefficient (Wildman–Crippen LogP) is 1.21. The smallest absolute Gasteiger partial charge is 0.229 e. The van der Waals surface area contributed by atoms with Gasteiger partial charge in [-0.1, -0.05) is 18.2 Å². The van der Waals surface area contributed by atoms with Crippen molar-refractivity contribution < 1.29 is 0 Å². The van der Waals surface area contributed by atoms with Crippen LogP contribution in [0.3, 0.4) is 0 Å². The lowest BCUT2D eigenvalue weighted by atomic mass is 10.2. The van der Waals surface area contributed by atoms with Crippen molar-refractivity contribution in [1.82, 2.24) is 19.9 Å². The van der Waals surface area contributed by atoms with E-state index in [9.17, 15) is 0 Å². The first-order valence-electron chi connectivity index (χ1n) is 7.82. The second kappa shape index (κ2) is 6.78. The Kier molecular flexibility index (Phi) is 4.57. The third kappa shape index (κ3) is 4.07. The van der Waals surface area contributed by atoms with Crippen molar-refractivity contribution in [2.24, 2.45) is 0 Å². The van der Waals surface area contributed by atoms with Gasteiger partial charge < -0.3 is 16.0 Å². The van der Waals surface area contributed by atoms with Gasteiger partial charge in [0.05, 0.1) is 6.54 Å². The minimum Gasteiger partial charge on any atom is -0.381 e. The SMILES string of the molecule is CN(C)c1nc(N)nc(CN2CC[C@H](Nc3ccccc3)C2)n1. The number of anilines is 3. The lowest BCUT2D eigenvalue weighted by Crippen LogP contribution is -2.27. The van der Waals surface area contributed by atoms with E-state index in [2.05, 4.69) is 37.3 Å². The van der Waals surface area contributed by atoms with E-state index in [0.29, 0.717) is 18.5 Å². The molecule has 23 heavy (non-hydrogen) atoms. The Hall–Kier alpha value is -2.41. The lowest BCUT2D eigenvalue weighted by molar-refractivity contribution is 0.319. The van der Waals surface area contributed by atoms with E-state index in [1.165, 1.54) is 5.69 Å². The van der Waals surface area contributed by atoms with Crippen LogP contribution in [0.15, 0.2) is 30.3 Å². The van der Waals surface area contributed by atoms with Crippen LogP contribution in [0.4, 0.5) is 17.6 Å². The van der Waals surface area contributed by atoms with Crippen LogP contribution in [-0.2, 0) is 6.54 Å². The molecule has 1 aromatic heterocycles. The standard InChI is InChI=1S/C16H23N7/c1-22(2)16-20-14(19-15(17)21-16)11-23-9-8-13(10-23)18-12-6-4-3-5-7-12/h3-7,13,18H,8-11H2,1-2H3,(H2,17,19,20,21)/t13-/m0/s1. The van der Waals surface area contributed by atoms with Gasteiger partial charge in [-0.3, -0.25) is 4.90 Å². The van der Waals surface area contributed by atoms with E-state index in [-0.39, 0.29) is 5.95 Å². The summed E-state index contributed by atoms with van der Waals surface area (Å²) in [7, 11) is 3.79. The van der Waals surface area contributed by atoms with E-state index in [0.717, 1.165) is 25.3 Å². The molecule has 1 fully saturated rings. The molecule has 0 amide bonds. The summed E-state index contributed by atoms with van der Waals surface area (Å²) < 4.78 is 0. The van der Waals surface area contributed by atoms with Crippen LogP contribution < -0.4 is 16.0 Å². The number of nitrogens with zero attached hydrogens (tertiary/aromatic N) is 5. The molecule has 1 atom stereocenters. The Morgan fingerprint density at radius 3 is 2.74 bits per heavy atom. The van der Waals surface area contributed by atoms with Crippen molar-refractivity contribution in [3.8, 4) is 0 Å². The number of nitrogens with two attached hydrogens (primary N) is 1. The highest BCUT2D eigenvalue weighted by Crippen LogP contribution is 2.17. The Morgan fingerprint density at radius 2 is 2.00 bits per heavy atom. The van der Waals surface area contributed by atoms with Gasteiger partial charge in [0.15, 0.2) is 0 Å². The maximum atomic E-state index is 5.78. The molecule has 0 bridgehead atoms. The van der Waals surface area contributed by atoms with Crippen molar-refractivity contribution in [1.29, 1.82) is 0 Å². The van der Waals surface area contributed by atoms with Gasteiger partial charge in [-0.25, -0.2) is 0 Å². The first-order valence-corrected chi connectivity index (χ1v) is 7.82. The Labute approximate surface area is 136 Å².